The Morgan fingerprint density at radius 1 is 1.00 bits per heavy atom. The number of rotatable bonds is 4. The quantitative estimate of drug-likeness (QED) is 0.632. The predicted molar refractivity (Wildman–Crippen MR) is 111 cm³/mol. The number of nitrogens with zero attached hydrogens (tertiary/aromatic N) is 2. The second-order valence-electron chi connectivity index (χ2n) is 7.12. The van der Waals surface area contributed by atoms with Gasteiger partial charge >= 0.3 is 11.1 Å². The van der Waals surface area contributed by atoms with Gasteiger partial charge in [-0.05, 0) is 44.2 Å². The highest BCUT2D eigenvalue weighted by atomic mass is 32.2. The Bertz CT molecular complexity index is 1400. The Kier molecular flexibility index (Phi) is 5.38. The molecule has 0 saturated carbocycles. The molecule has 0 fully saturated rings. The first kappa shape index (κ1) is 21.4. The summed E-state index contributed by atoms with van der Waals surface area (Å²) >= 11 is 0. The molecule has 1 N–H and O–H groups in total. The minimum absolute atomic E-state index is 0.00246. The lowest BCUT2D eigenvalue weighted by Gasteiger charge is -2.17. The molecule has 0 radical (unpaired) electrons. The molecule has 1 heterocycles. The molecule has 0 aliphatic carbocycles. The van der Waals surface area contributed by atoms with Crippen LogP contribution in [-0.4, -0.2) is 28.7 Å². The molecule has 0 bridgehead atoms. The smallest absolute Gasteiger partial charge is 0.316 e. The lowest BCUT2D eigenvalue weighted by molar-refractivity contribution is 0.102. The number of carbonyl (C=O) groups excluding carboxylic acids is 1. The van der Waals surface area contributed by atoms with Crippen LogP contribution in [0.5, 0.6) is 0 Å². The van der Waals surface area contributed by atoms with Crippen molar-refractivity contribution in [1.29, 1.82) is 0 Å². The summed E-state index contributed by atoms with van der Waals surface area (Å²) in [4.78, 5) is 36.7. The highest BCUT2D eigenvalue weighted by Gasteiger charge is 2.26. The minimum atomic E-state index is -3.88. The first-order valence-corrected chi connectivity index (χ1v) is 10.5. The number of halogens is 1. The van der Waals surface area contributed by atoms with Crippen molar-refractivity contribution in [3.8, 4) is 0 Å². The number of nitrogens with one attached hydrogen (secondary N) is 1. The number of anilines is 1. The van der Waals surface area contributed by atoms with Crippen molar-refractivity contribution >= 4 is 32.5 Å². The third kappa shape index (κ3) is 3.54. The molecule has 0 atom stereocenters. The highest BCUT2D eigenvalue weighted by molar-refractivity contribution is 7.92. The van der Waals surface area contributed by atoms with E-state index in [1.54, 1.807) is 0 Å². The van der Waals surface area contributed by atoms with Crippen LogP contribution in [0.3, 0.4) is 0 Å². The summed E-state index contributed by atoms with van der Waals surface area (Å²) in [5.74, 6) is -1.34. The van der Waals surface area contributed by atoms with Crippen LogP contribution in [0.25, 0.3) is 11.0 Å². The highest BCUT2D eigenvalue weighted by Crippen LogP contribution is 2.30. The largest absolute Gasteiger partial charge is 0.321 e. The van der Waals surface area contributed by atoms with Crippen LogP contribution in [0, 0.1) is 5.82 Å². The van der Waals surface area contributed by atoms with Crippen molar-refractivity contribution in [3.63, 3.8) is 0 Å². The zero-order valence-electron chi connectivity index (χ0n) is 16.8. The predicted octanol–water partition coefficient (Wildman–Crippen LogP) is 1.81. The zero-order valence-corrected chi connectivity index (χ0v) is 17.6. The number of aryl methyl sites for hydroxylation is 2. The number of hydrogen-bond donors (Lipinski definition) is 1. The Balaban J connectivity index is 2.32. The Morgan fingerprint density at radius 3 is 2.10 bits per heavy atom. The number of amides is 1. The third-order valence-corrected chi connectivity index (χ3v) is 7.05. The van der Waals surface area contributed by atoms with Gasteiger partial charge in [0, 0.05) is 19.7 Å². The number of benzene rings is 2. The van der Waals surface area contributed by atoms with Gasteiger partial charge in [-0.2, -0.15) is 0 Å². The van der Waals surface area contributed by atoms with Crippen LogP contribution in [0.4, 0.5) is 10.1 Å². The molecule has 3 aromatic rings. The fourth-order valence-corrected chi connectivity index (χ4v) is 4.21. The Hall–Kier alpha value is -3.27. The summed E-state index contributed by atoms with van der Waals surface area (Å²) in [5.41, 5.74) is -1.22. The van der Waals surface area contributed by atoms with E-state index in [2.05, 4.69) is 5.32 Å². The molecule has 2 aromatic carbocycles. The summed E-state index contributed by atoms with van der Waals surface area (Å²) in [6.45, 7) is 2.97. The van der Waals surface area contributed by atoms with Gasteiger partial charge in [-0.3, -0.25) is 14.4 Å². The second kappa shape index (κ2) is 7.52. The standard InChI is InChI=1S/C20H20FN3O5S/c1-11(2)30(28,29)17-10-16-15(23(3)19(26)20(27)24(16)4)9-14(17)22-18(25)12-6-5-7-13(21)8-12/h5-11H,1-4H3,(H,22,25). The van der Waals surface area contributed by atoms with Gasteiger partial charge < -0.3 is 14.5 Å². The SMILES string of the molecule is CC(C)S(=O)(=O)c1cc2c(cc1NC(=O)c1cccc(F)c1)n(C)c(=O)c(=O)n2C. The average molecular weight is 433 g/mol. The van der Waals surface area contributed by atoms with Gasteiger partial charge in [-0.15, -0.1) is 0 Å². The summed E-state index contributed by atoms with van der Waals surface area (Å²) in [7, 11) is -1.14. The number of aromatic nitrogens is 2. The first-order chi connectivity index (χ1) is 13.9. The molecular weight excluding hydrogens is 413 g/mol. The normalized spacial score (nSPS) is 11.8. The van der Waals surface area contributed by atoms with Crippen LogP contribution in [0.1, 0.15) is 24.2 Å². The summed E-state index contributed by atoms with van der Waals surface area (Å²) in [5, 5.41) is 1.68. The Morgan fingerprint density at radius 2 is 1.57 bits per heavy atom. The monoisotopic (exact) mass is 433 g/mol. The average Bonchev–Trinajstić information content (AvgIpc) is 2.70. The lowest BCUT2D eigenvalue weighted by Crippen LogP contribution is -2.39. The van der Waals surface area contributed by atoms with Crippen LogP contribution in [-0.2, 0) is 23.9 Å². The third-order valence-electron chi connectivity index (χ3n) is 4.85. The Labute approximate surface area is 171 Å². The molecule has 0 aliphatic heterocycles. The minimum Gasteiger partial charge on any atom is -0.321 e. The van der Waals surface area contributed by atoms with Crippen molar-refractivity contribution in [2.75, 3.05) is 5.32 Å². The van der Waals surface area contributed by atoms with E-state index in [0.717, 1.165) is 15.2 Å². The second-order valence-corrected chi connectivity index (χ2v) is 9.60. The van der Waals surface area contributed by atoms with Crippen molar-refractivity contribution < 1.29 is 17.6 Å². The summed E-state index contributed by atoms with van der Waals surface area (Å²) < 4.78 is 41.5. The number of fused-ring (bicyclic) bond motifs is 1. The molecule has 0 aliphatic rings. The van der Waals surface area contributed by atoms with Gasteiger partial charge in [0.25, 0.3) is 5.91 Å². The van der Waals surface area contributed by atoms with Crippen LogP contribution in [0.15, 0.2) is 50.9 Å². The van der Waals surface area contributed by atoms with Crippen LogP contribution in [0.2, 0.25) is 0 Å². The van der Waals surface area contributed by atoms with E-state index in [9.17, 15) is 27.2 Å². The topological polar surface area (TPSA) is 107 Å². The zero-order chi connectivity index (χ0) is 22.4. The van der Waals surface area contributed by atoms with Crippen molar-refractivity contribution in [2.45, 2.75) is 24.0 Å². The van der Waals surface area contributed by atoms with Crippen molar-refractivity contribution in [3.05, 3.63) is 68.5 Å². The van der Waals surface area contributed by atoms with Gasteiger partial charge in [0.1, 0.15) is 5.82 Å². The fourth-order valence-electron chi connectivity index (χ4n) is 3.01. The number of hydrogen-bond acceptors (Lipinski definition) is 5. The maximum absolute atomic E-state index is 13.5. The molecule has 1 amide bonds. The van der Waals surface area contributed by atoms with Crippen molar-refractivity contribution in [1.82, 2.24) is 9.13 Å². The molecule has 10 heteroatoms. The van der Waals surface area contributed by atoms with E-state index in [1.165, 1.54) is 58.3 Å². The van der Waals surface area contributed by atoms with E-state index >= 15 is 0 Å². The van der Waals surface area contributed by atoms with Gasteiger partial charge in [0.15, 0.2) is 9.84 Å². The molecular formula is C20H20FN3O5S. The maximum Gasteiger partial charge on any atom is 0.316 e. The van der Waals surface area contributed by atoms with Gasteiger partial charge in [0.05, 0.1) is 26.9 Å². The van der Waals surface area contributed by atoms with Gasteiger partial charge in [0.2, 0.25) is 0 Å². The van der Waals surface area contributed by atoms with E-state index in [-0.39, 0.29) is 27.2 Å². The first-order valence-electron chi connectivity index (χ1n) is 8.99. The van der Waals surface area contributed by atoms with Gasteiger partial charge in [-0.1, -0.05) is 6.07 Å². The molecule has 8 nitrogen and oxygen atoms in total. The summed E-state index contributed by atoms with van der Waals surface area (Å²) in [6.07, 6.45) is 0. The van der Waals surface area contributed by atoms with E-state index < -0.39 is 37.9 Å². The van der Waals surface area contributed by atoms with E-state index in [1.807, 2.05) is 0 Å². The molecule has 0 unspecified atom stereocenters. The number of sulfone groups is 1. The molecule has 158 valence electrons. The maximum atomic E-state index is 13.5. The van der Waals surface area contributed by atoms with Gasteiger partial charge in [-0.25, -0.2) is 12.8 Å². The molecule has 1 aromatic heterocycles. The molecule has 3 rings (SSSR count). The van der Waals surface area contributed by atoms with Crippen LogP contribution < -0.4 is 16.4 Å². The van der Waals surface area contributed by atoms with Crippen LogP contribution >= 0.6 is 0 Å². The summed E-state index contributed by atoms with van der Waals surface area (Å²) in [6, 6.07) is 7.52. The molecule has 30 heavy (non-hydrogen) atoms. The van der Waals surface area contributed by atoms with E-state index in [4.69, 9.17) is 0 Å². The lowest BCUT2D eigenvalue weighted by atomic mass is 10.2. The molecule has 0 saturated heterocycles. The van der Waals surface area contributed by atoms with Crippen molar-refractivity contribution in [2.24, 2.45) is 14.1 Å². The molecule has 0 spiro atoms. The number of carbonyl (C=O) groups is 1. The van der Waals surface area contributed by atoms with E-state index in [0.29, 0.717) is 0 Å². The fraction of sp³-hybridized carbons (Fsp3) is 0.250.